The van der Waals surface area contributed by atoms with Crippen LogP contribution in [-0.4, -0.2) is 19.1 Å². The maximum Gasteiger partial charge on any atom is 0.247 e. The zero-order chi connectivity index (χ0) is 15.7. The average Bonchev–Trinajstić information content (AvgIpc) is 2.58. The Hall–Kier alpha value is -2.33. The van der Waals surface area contributed by atoms with Gasteiger partial charge in [0.25, 0.3) is 0 Å². The Balaban J connectivity index is 1.93. The van der Waals surface area contributed by atoms with Crippen LogP contribution in [0.25, 0.3) is 0 Å². The molecule has 22 heavy (non-hydrogen) atoms. The topological polar surface area (TPSA) is 55.6 Å². The van der Waals surface area contributed by atoms with Gasteiger partial charge in [0.05, 0.1) is 13.2 Å². The fourth-order valence-electron chi connectivity index (χ4n) is 2.87. The van der Waals surface area contributed by atoms with E-state index in [1.165, 1.54) is 5.56 Å². The Morgan fingerprint density at radius 2 is 1.91 bits per heavy atom. The number of hydrogen-bond donors (Lipinski definition) is 1. The van der Waals surface area contributed by atoms with Gasteiger partial charge in [-0.3, -0.25) is 4.79 Å². The third-order valence-corrected chi connectivity index (χ3v) is 4.20. The highest BCUT2D eigenvalue weighted by molar-refractivity contribution is 6.05. The molecule has 0 spiro atoms. The van der Waals surface area contributed by atoms with Crippen molar-refractivity contribution in [2.24, 2.45) is 5.73 Å². The van der Waals surface area contributed by atoms with E-state index < -0.39 is 6.04 Å². The Morgan fingerprint density at radius 1 is 1.18 bits per heavy atom. The normalized spacial score (nSPS) is 20.7. The monoisotopic (exact) mass is 296 g/mol. The molecule has 4 heteroatoms. The molecular weight excluding hydrogens is 276 g/mol. The van der Waals surface area contributed by atoms with Crippen molar-refractivity contribution in [1.82, 2.24) is 0 Å². The van der Waals surface area contributed by atoms with Crippen LogP contribution in [0.2, 0.25) is 0 Å². The summed E-state index contributed by atoms with van der Waals surface area (Å²) >= 11 is 0. The summed E-state index contributed by atoms with van der Waals surface area (Å²) in [6, 6.07) is 15.2. The van der Waals surface area contributed by atoms with E-state index in [2.05, 4.69) is 31.2 Å². The van der Waals surface area contributed by atoms with Crippen molar-refractivity contribution in [2.45, 2.75) is 25.4 Å². The van der Waals surface area contributed by atoms with Gasteiger partial charge in [-0.15, -0.1) is 0 Å². The zero-order valence-electron chi connectivity index (χ0n) is 12.8. The smallest absolute Gasteiger partial charge is 0.247 e. The van der Waals surface area contributed by atoms with Crippen molar-refractivity contribution in [1.29, 1.82) is 0 Å². The van der Waals surface area contributed by atoms with E-state index in [-0.39, 0.29) is 11.9 Å². The Morgan fingerprint density at radius 3 is 2.55 bits per heavy atom. The van der Waals surface area contributed by atoms with Crippen molar-refractivity contribution in [3.05, 3.63) is 59.7 Å². The highest BCUT2D eigenvalue weighted by Gasteiger charge is 2.46. The summed E-state index contributed by atoms with van der Waals surface area (Å²) in [5.74, 6) is 0.670. The van der Waals surface area contributed by atoms with Crippen LogP contribution in [0.4, 0.5) is 5.69 Å². The SMILES string of the molecule is CCc1ccc([C@H]2[C@@H](N)C(=O)N2c2cccc(OC)c2)cc1. The van der Waals surface area contributed by atoms with Gasteiger partial charge in [-0.05, 0) is 29.7 Å². The first-order valence-corrected chi connectivity index (χ1v) is 7.47. The predicted molar refractivity (Wildman–Crippen MR) is 87.0 cm³/mol. The van der Waals surface area contributed by atoms with E-state index in [0.29, 0.717) is 0 Å². The molecule has 114 valence electrons. The van der Waals surface area contributed by atoms with Gasteiger partial charge < -0.3 is 15.4 Å². The molecule has 0 radical (unpaired) electrons. The van der Waals surface area contributed by atoms with Gasteiger partial charge >= 0.3 is 0 Å². The lowest BCUT2D eigenvalue weighted by molar-refractivity contribution is -0.126. The average molecular weight is 296 g/mol. The quantitative estimate of drug-likeness (QED) is 0.883. The van der Waals surface area contributed by atoms with Crippen LogP contribution in [0, 0.1) is 0 Å². The van der Waals surface area contributed by atoms with Crippen LogP contribution >= 0.6 is 0 Å². The molecule has 1 fully saturated rings. The Bertz CT molecular complexity index is 682. The molecule has 0 bridgehead atoms. The first-order valence-electron chi connectivity index (χ1n) is 7.47. The molecule has 1 saturated heterocycles. The van der Waals surface area contributed by atoms with Crippen molar-refractivity contribution in [3.63, 3.8) is 0 Å². The Labute approximate surface area is 130 Å². The van der Waals surface area contributed by atoms with Gasteiger partial charge in [0.2, 0.25) is 5.91 Å². The highest BCUT2D eigenvalue weighted by atomic mass is 16.5. The molecule has 2 N–H and O–H groups in total. The number of rotatable bonds is 4. The summed E-state index contributed by atoms with van der Waals surface area (Å²) in [7, 11) is 1.61. The minimum Gasteiger partial charge on any atom is -0.497 e. The van der Waals surface area contributed by atoms with Crippen LogP contribution < -0.4 is 15.4 Å². The number of aryl methyl sites for hydroxylation is 1. The molecule has 2 aromatic carbocycles. The lowest BCUT2D eigenvalue weighted by Gasteiger charge is -2.45. The van der Waals surface area contributed by atoms with Crippen LogP contribution in [0.1, 0.15) is 24.1 Å². The second-order valence-corrected chi connectivity index (χ2v) is 5.48. The number of methoxy groups -OCH3 is 1. The van der Waals surface area contributed by atoms with Crippen molar-refractivity contribution >= 4 is 11.6 Å². The fourth-order valence-corrected chi connectivity index (χ4v) is 2.87. The molecule has 2 atom stereocenters. The summed E-state index contributed by atoms with van der Waals surface area (Å²) in [4.78, 5) is 14.0. The molecule has 2 aromatic rings. The van der Waals surface area contributed by atoms with Gasteiger partial charge in [0.15, 0.2) is 0 Å². The molecule has 0 aliphatic carbocycles. The van der Waals surface area contributed by atoms with Gasteiger partial charge in [0, 0.05) is 11.8 Å². The van der Waals surface area contributed by atoms with Crippen molar-refractivity contribution in [2.75, 3.05) is 12.0 Å². The van der Waals surface area contributed by atoms with Crippen molar-refractivity contribution < 1.29 is 9.53 Å². The third kappa shape index (κ3) is 2.35. The molecule has 1 aliphatic rings. The molecule has 4 nitrogen and oxygen atoms in total. The number of ether oxygens (including phenoxy) is 1. The van der Waals surface area contributed by atoms with Gasteiger partial charge in [-0.2, -0.15) is 0 Å². The lowest BCUT2D eigenvalue weighted by atomic mass is 9.88. The lowest BCUT2D eigenvalue weighted by Crippen LogP contribution is -2.63. The molecule has 1 aliphatic heterocycles. The first kappa shape index (κ1) is 14.6. The van der Waals surface area contributed by atoms with Crippen molar-refractivity contribution in [3.8, 4) is 5.75 Å². The highest BCUT2D eigenvalue weighted by Crippen LogP contribution is 2.39. The van der Waals surface area contributed by atoms with Crippen LogP contribution in [0.3, 0.4) is 0 Å². The summed E-state index contributed by atoms with van der Waals surface area (Å²) in [6.45, 7) is 2.12. The van der Waals surface area contributed by atoms with E-state index in [4.69, 9.17) is 10.5 Å². The van der Waals surface area contributed by atoms with E-state index in [1.54, 1.807) is 12.0 Å². The molecule has 0 saturated carbocycles. The number of carbonyl (C=O) groups is 1. The maximum absolute atomic E-state index is 12.2. The molecule has 1 heterocycles. The zero-order valence-corrected chi connectivity index (χ0v) is 12.8. The summed E-state index contributed by atoms with van der Waals surface area (Å²) in [5.41, 5.74) is 9.20. The van der Waals surface area contributed by atoms with E-state index in [0.717, 1.165) is 23.4 Å². The van der Waals surface area contributed by atoms with Gasteiger partial charge in [-0.25, -0.2) is 0 Å². The van der Waals surface area contributed by atoms with Gasteiger partial charge in [0.1, 0.15) is 11.8 Å². The summed E-state index contributed by atoms with van der Waals surface area (Å²) in [6.07, 6.45) is 0.996. The minimum atomic E-state index is -0.487. The predicted octanol–water partition coefficient (Wildman–Crippen LogP) is 2.67. The number of anilines is 1. The van der Waals surface area contributed by atoms with Gasteiger partial charge in [-0.1, -0.05) is 37.3 Å². The number of hydrogen-bond acceptors (Lipinski definition) is 3. The maximum atomic E-state index is 12.2. The van der Waals surface area contributed by atoms with Crippen LogP contribution in [-0.2, 0) is 11.2 Å². The summed E-state index contributed by atoms with van der Waals surface area (Å²) < 4.78 is 5.24. The van der Waals surface area contributed by atoms with E-state index >= 15 is 0 Å². The number of β-lactam (4-membered cyclic amide) rings is 1. The van der Waals surface area contributed by atoms with E-state index in [1.807, 2.05) is 24.3 Å². The molecule has 0 aromatic heterocycles. The number of amides is 1. The molecular formula is C18H20N2O2. The Kier molecular flexibility index (Phi) is 3.86. The minimum absolute atomic E-state index is 0.0576. The fraction of sp³-hybridized carbons (Fsp3) is 0.278. The first-order chi connectivity index (χ1) is 10.7. The number of carbonyl (C=O) groups excluding carboxylic acids is 1. The molecule has 3 rings (SSSR count). The molecule has 0 unspecified atom stereocenters. The molecule has 1 amide bonds. The standard InChI is InChI=1S/C18H20N2O2/c1-3-12-7-9-13(10-8-12)17-16(19)18(21)20(17)14-5-4-6-15(11-14)22-2/h4-11,16-17H,3,19H2,1-2H3/t16-,17+/m1/s1. The second kappa shape index (κ2) is 5.81. The largest absolute Gasteiger partial charge is 0.497 e. The second-order valence-electron chi connectivity index (χ2n) is 5.48. The number of benzene rings is 2. The number of nitrogens with two attached hydrogens (primary N) is 1. The number of nitrogens with zero attached hydrogens (tertiary/aromatic N) is 1. The third-order valence-electron chi connectivity index (χ3n) is 4.20. The van der Waals surface area contributed by atoms with E-state index in [9.17, 15) is 4.79 Å². The van der Waals surface area contributed by atoms with Crippen LogP contribution in [0.15, 0.2) is 48.5 Å². The summed E-state index contributed by atoms with van der Waals surface area (Å²) in [5, 5.41) is 0. The van der Waals surface area contributed by atoms with Crippen LogP contribution in [0.5, 0.6) is 5.75 Å².